The Morgan fingerprint density at radius 3 is 2.61 bits per heavy atom. The molecule has 1 N–H and O–H groups in total. The van der Waals surface area contributed by atoms with Gasteiger partial charge in [-0.1, -0.05) is 13.3 Å². The van der Waals surface area contributed by atoms with Gasteiger partial charge in [0.15, 0.2) is 0 Å². The van der Waals surface area contributed by atoms with Gasteiger partial charge >= 0.3 is 0 Å². The summed E-state index contributed by atoms with van der Waals surface area (Å²) in [6.45, 7) is 6.90. The summed E-state index contributed by atoms with van der Waals surface area (Å²) in [6, 6.07) is 0. The Bertz CT molecular complexity index is 349. The average molecular weight is 313 g/mol. The number of halogens is 1. The van der Waals surface area contributed by atoms with E-state index in [9.17, 15) is 0 Å². The van der Waals surface area contributed by atoms with Crippen LogP contribution in [0.1, 0.15) is 26.2 Å². The standard InChI is InChI=1S/C13H21BrN4/c1-11(10-18-5-3-2-4-6-18)7-15-13-16-8-12(14)9-17-13/h8-9,11H,2-7,10H2,1H3,(H,15,16,17). The molecule has 0 aromatic carbocycles. The first kappa shape index (κ1) is 13.7. The molecule has 1 aromatic heterocycles. The molecule has 1 saturated heterocycles. The van der Waals surface area contributed by atoms with Crippen LogP contribution in [-0.4, -0.2) is 41.0 Å². The number of anilines is 1. The van der Waals surface area contributed by atoms with Crippen molar-refractivity contribution in [1.82, 2.24) is 14.9 Å². The van der Waals surface area contributed by atoms with Crippen molar-refractivity contribution in [2.75, 3.05) is 31.5 Å². The second-order valence-corrected chi connectivity index (χ2v) is 5.99. The van der Waals surface area contributed by atoms with E-state index < -0.39 is 0 Å². The summed E-state index contributed by atoms with van der Waals surface area (Å²) in [5, 5.41) is 3.29. The van der Waals surface area contributed by atoms with Crippen molar-refractivity contribution in [3.63, 3.8) is 0 Å². The number of piperidine rings is 1. The van der Waals surface area contributed by atoms with Crippen LogP contribution in [-0.2, 0) is 0 Å². The molecule has 4 nitrogen and oxygen atoms in total. The molecule has 1 fully saturated rings. The summed E-state index contributed by atoms with van der Waals surface area (Å²) in [7, 11) is 0. The molecule has 100 valence electrons. The van der Waals surface area contributed by atoms with E-state index in [1.54, 1.807) is 12.4 Å². The minimum Gasteiger partial charge on any atom is -0.354 e. The van der Waals surface area contributed by atoms with Crippen LogP contribution in [0.3, 0.4) is 0 Å². The largest absolute Gasteiger partial charge is 0.354 e. The predicted octanol–water partition coefficient (Wildman–Crippen LogP) is 2.77. The van der Waals surface area contributed by atoms with Gasteiger partial charge in [0.25, 0.3) is 0 Å². The van der Waals surface area contributed by atoms with Crippen LogP contribution in [0.5, 0.6) is 0 Å². The number of likely N-dealkylation sites (tertiary alicyclic amines) is 1. The van der Waals surface area contributed by atoms with Gasteiger partial charge < -0.3 is 10.2 Å². The Morgan fingerprint density at radius 1 is 1.28 bits per heavy atom. The number of hydrogen-bond donors (Lipinski definition) is 1. The van der Waals surface area contributed by atoms with E-state index >= 15 is 0 Å². The van der Waals surface area contributed by atoms with Crippen LogP contribution >= 0.6 is 15.9 Å². The molecular weight excluding hydrogens is 292 g/mol. The third kappa shape index (κ3) is 4.53. The van der Waals surface area contributed by atoms with Gasteiger partial charge in [0, 0.05) is 25.5 Å². The van der Waals surface area contributed by atoms with Crippen molar-refractivity contribution in [1.29, 1.82) is 0 Å². The summed E-state index contributed by atoms with van der Waals surface area (Å²) < 4.78 is 0.911. The molecule has 5 heteroatoms. The monoisotopic (exact) mass is 312 g/mol. The van der Waals surface area contributed by atoms with Crippen molar-refractivity contribution in [3.05, 3.63) is 16.9 Å². The fraction of sp³-hybridized carbons (Fsp3) is 0.692. The number of nitrogens with one attached hydrogen (secondary N) is 1. The van der Waals surface area contributed by atoms with E-state index in [2.05, 4.69) is 43.0 Å². The topological polar surface area (TPSA) is 41.1 Å². The van der Waals surface area contributed by atoms with Gasteiger partial charge in [-0.05, 0) is 47.8 Å². The van der Waals surface area contributed by atoms with Gasteiger partial charge in [0.1, 0.15) is 0 Å². The van der Waals surface area contributed by atoms with E-state index in [4.69, 9.17) is 0 Å². The highest BCUT2D eigenvalue weighted by atomic mass is 79.9. The highest BCUT2D eigenvalue weighted by Gasteiger charge is 2.13. The lowest BCUT2D eigenvalue weighted by atomic mass is 10.1. The van der Waals surface area contributed by atoms with Crippen LogP contribution in [0.15, 0.2) is 16.9 Å². The summed E-state index contributed by atoms with van der Waals surface area (Å²) >= 11 is 3.33. The maximum absolute atomic E-state index is 4.21. The van der Waals surface area contributed by atoms with Crippen LogP contribution in [0.2, 0.25) is 0 Å². The van der Waals surface area contributed by atoms with Gasteiger partial charge in [-0.2, -0.15) is 0 Å². The van der Waals surface area contributed by atoms with E-state index in [-0.39, 0.29) is 0 Å². The SMILES string of the molecule is CC(CNc1ncc(Br)cn1)CN1CCCCC1. The van der Waals surface area contributed by atoms with Crippen LogP contribution in [0.25, 0.3) is 0 Å². The zero-order valence-corrected chi connectivity index (χ0v) is 12.5. The molecule has 0 radical (unpaired) electrons. The Balaban J connectivity index is 1.70. The molecule has 1 aliphatic rings. The quantitative estimate of drug-likeness (QED) is 0.907. The molecule has 1 aromatic rings. The Morgan fingerprint density at radius 2 is 1.94 bits per heavy atom. The van der Waals surface area contributed by atoms with Crippen LogP contribution in [0, 0.1) is 5.92 Å². The number of aromatic nitrogens is 2. The van der Waals surface area contributed by atoms with Gasteiger partial charge in [0.2, 0.25) is 5.95 Å². The second-order valence-electron chi connectivity index (χ2n) is 5.07. The fourth-order valence-corrected chi connectivity index (χ4v) is 2.52. The molecule has 2 heterocycles. The first-order chi connectivity index (χ1) is 8.74. The molecule has 1 unspecified atom stereocenters. The highest BCUT2D eigenvalue weighted by Crippen LogP contribution is 2.11. The minimum absolute atomic E-state index is 0.621. The lowest BCUT2D eigenvalue weighted by molar-refractivity contribution is 0.204. The Hall–Kier alpha value is -0.680. The van der Waals surface area contributed by atoms with Crippen molar-refractivity contribution >= 4 is 21.9 Å². The molecule has 0 amide bonds. The van der Waals surface area contributed by atoms with Crippen molar-refractivity contribution in [2.45, 2.75) is 26.2 Å². The van der Waals surface area contributed by atoms with E-state index in [1.165, 1.54) is 38.9 Å². The lowest BCUT2D eigenvalue weighted by Gasteiger charge is -2.29. The van der Waals surface area contributed by atoms with E-state index in [0.717, 1.165) is 11.0 Å². The first-order valence-corrected chi connectivity index (χ1v) is 7.47. The number of nitrogens with zero attached hydrogens (tertiary/aromatic N) is 3. The lowest BCUT2D eigenvalue weighted by Crippen LogP contribution is -2.35. The molecule has 0 saturated carbocycles. The van der Waals surface area contributed by atoms with Gasteiger partial charge in [-0.25, -0.2) is 9.97 Å². The predicted molar refractivity (Wildman–Crippen MR) is 77.7 cm³/mol. The minimum atomic E-state index is 0.621. The van der Waals surface area contributed by atoms with Gasteiger partial charge in [-0.3, -0.25) is 0 Å². The van der Waals surface area contributed by atoms with Gasteiger partial charge in [0.05, 0.1) is 4.47 Å². The molecule has 18 heavy (non-hydrogen) atoms. The second kappa shape index (κ2) is 7.04. The maximum atomic E-state index is 4.21. The molecule has 1 atom stereocenters. The Kier molecular flexibility index (Phi) is 5.38. The Labute approximate surface area is 117 Å². The highest BCUT2D eigenvalue weighted by molar-refractivity contribution is 9.10. The smallest absolute Gasteiger partial charge is 0.222 e. The molecule has 0 bridgehead atoms. The van der Waals surface area contributed by atoms with E-state index in [0.29, 0.717) is 11.9 Å². The summed E-state index contributed by atoms with van der Waals surface area (Å²) in [5.74, 6) is 1.33. The van der Waals surface area contributed by atoms with Crippen LogP contribution in [0.4, 0.5) is 5.95 Å². The molecule has 2 rings (SSSR count). The number of hydrogen-bond acceptors (Lipinski definition) is 4. The van der Waals surface area contributed by atoms with Crippen molar-refractivity contribution in [2.24, 2.45) is 5.92 Å². The third-order valence-corrected chi connectivity index (χ3v) is 3.66. The molecular formula is C13H21BrN4. The normalized spacial score (nSPS) is 18.6. The summed E-state index contributed by atoms with van der Waals surface area (Å²) in [6.07, 6.45) is 7.65. The maximum Gasteiger partial charge on any atom is 0.222 e. The molecule has 1 aliphatic heterocycles. The van der Waals surface area contributed by atoms with Crippen LogP contribution < -0.4 is 5.32 Å². The third-order valence-electron chi connectivity index (χ3n) is 3.25. The zero-order chi connectivity index (χ0) is 12.8. The fourth-order valence-electron chi connectivity index (χ4n) is 2.32. The molecule has 0 aliphatic carbocycles. The zero-order valence-electron chi connectivity index (χ0n) is 10.9. The summed E-state index contributed by atoms with van der Waals surface area (Å²) in [5.41, 5.74) is 0. The average Bonchev–Trinajstić information content (AvgIpc) is 2.39. The van der Waals surface area contributed by atoms with Crippen molar-refractivity contribution < 1.29 is 0 Å². The molecule has 0 spiro atoms. The van der Waals surface area contributed by atoms with Crippen molar-refractivity contribution in [3.8, 4) is 0 Å². The van der Waals surface area contributed by atoms with Gasteiger partial charge in [-0.15, -0.1) is 0 Å². The number of rotatable bonds is 5. The van der Waals surface area contributed by atoms with E-state index in [1.807, 2.05) is 0 Å². The summed E-state index contributed by atoms with van der Waals surface area (Å²) in [4.78, 5) is 11.0. The first-order valence-electron chi connectivity index (χ1n) is 6.68.